The van der Waals surface area contributed by atoms with E-state index in [1.165, 1.54) is 6.07 Å². The lowest BCUT2D eigenvalue weighted by Gasteiger charge is -2.13. The van der Waals surface area contributed by atoms with Crippen LogP contribution in [-0.4, -0.2) is 23.3 Å². The number of nitrogens with zero attached hydrogens (tertiary/aromatic N) is 2. The molecule has 144 valence electrons. The number of anilines is 1. The van der Waals surface area contributed by atoms with E-state index in [1.54, 1.807) is 26.3 Å². The van der Waals surface area contributed by atoms with E-state index in [-0.39, 0.29) is 11.5 Å². The number of aromatic amines is 1. The van der Waals surface area contributed by atoms with Gasteiger partial charge in [-0.05, 0) is 36.8 Å². The molecule has 3 aromatic rings. The van der Waals surface area contributed by atoms with Crippen molar-refractivity contribution in [3.05, 3.63) is 80.7 Å². The number of aromatic nitrogens is 2. The summed E-state index contributed by atoms with van der Waals surface area (Å²) in [5.74, 6) is 1.37. The predicted molar refractivity (Wildman–Crippen MR) is 110 cm³/mol. The summed E-state index contributed by atoms with van der Waals surface area (Å²) in [7, 11) is 1.57. The van der Waals surface area contributed by atoms with Crippen LogP contribution in [0.4, 0.5) is 5.95 Å². The van der Waals surface area contributed by atoms with E-state index < -0.39 is 0 Å². The maximum absolute atomic E-state index is 11.5. The lowest BCUT2D eigenvalue weighted by molar-refractivity contribution is 0.284. The van der Waals surface area contributed by atoms with Crippen molar-refractivity contribution in [1.82, 2.24) is 9.97 Å². The van der Waals surface area contributed by atoms with Crippen molar-refractivity contribution in [2.24, 2.45) is 5.10 Å². The first-order chi connectivity index (χ1) is 13.5. The molecule has 0 aliphatic rings. The molecule has 1 aromatic heterocycles. The molecular formula is C20H19ClN4O3. The number of methoxy groups -OCH3 is 1. The Balaban J connectivity index is 1.79. The topological polar surface area (TPSA) is 88.6 Å². The Morgan fingerprint density at radius 2 is 2.07 bits per heavy atom. The maximum atomic E-state index is 11.5. The number of para-hydroxylation sites is 1. The third kappa shape index (κ3) is 5.11. The second-order valence-corrected chi connectivity index (χ2v) is 6.34. The Morgan fingerprint density at radius 1 is 1.25 bits per heavy atom. The average Bonchev–Trinajstić information content (AvgIpc) is 2.66. The van der Waals surface area contributed by atoms with Crippen molar-refractivity contribution in [2.45, 2.75) is 13.5 Å². The van der Waals surface area contributed by atoms with Crippen LogP contribution in [0, 0.1) is 6.92 Å². The van der Waals surface area contributed by atoms with E-state index in [4.69, 9.17) is 21.1 Å². The van der Waals surface area contributed by atoms with Crippen LogP contribution in [0.2, 0.25) is 5.02 Å². The van der Waals surface area contributed by atoms with Crippen LogP contribution < -0.4 is 20.5 Å². The lowest BCUT2D eigenvalue weighted by Crippen LogP contribution is -2.10. The van der Waals surface area contributed by atoms with Gasteiger partial charge in [-0.1, -0.05) is 29.8 Å². The second-order valence-electron chi connectivity index (χ2n) is 5.90. The molecule has 0 aliphatic heterocycles. The van der Waals surface area contributed by atoms with Crippen LogP contribution in [0.3, 0.4) is 0 Å². The Kier molecular flexibility index (Phi) is 6.29. The van der Waals surface area contributed by atoms with Crippen LogP contribution in [0.5, 0.6) is 11.5 Å². The third-order valence-electron chi connectivity index (χ3n) is 3.75. The highest BCUT2D eigenvalue weighted by Gasteiger charge is 2.10. The van der Waals surface area contributed by atoms with Gasteiger partial charge in [0.1, 0.15) is 6.61 Å². The molecular weight excluding hydrogens is 380 g/mol. The minimum atomic E-state index is -0.253. The smallest absolute Gasteiger partial charge is 0.252 e. The minimum absolute atomic E-state index is 0.253. The summed E-state index contributed by atoms with van der Waals surface area (Å²) < 4.78 is 11.4. The highest BCUT2D eigenvalue weighted by molar-refractivity contribution is 6.30. The number of H-pyrrole nitrogens is 1. The van der Waals surface area contributed by atoms with Gasteiger partial charge in [-0.25, -0.2) is 10.4 Å². The number of rotatable bonds is 7. The lowest BCUT2D eigenvalue weighted by atomic mass is 10.2. The van der Waals surface area contributed by atoms with Gasteiger partial charge >= 0.3 is 0 Å². The van der Waals surface area contributed by atoms with Gasteiger partial charge in [0, 0.05) is 22.3 Å². The van der Waals surface area contributed by atoms with Crippen molar-refractivity contribution < 1.29 is 9.47 Å². The Labute approximate surface area is 167 Å². The molecule has 2 aromatic carbocycles. The fourth-order valence-corrected chi connectivity index (χ4v) is 2.74. The van der Waals surface area contributed by atoms with E-state index in [1.807, 2.05) is 36.4 Å². The van der Waals surface area contributed by atoms with E-state index >= 15 is 0 Å². The SMILES string of the molecule is COc1cccc(/C=N/Nc2nc(C)cc(=O)[nH]2)c1OCc1cccc(Cl)c1. The first-order valence-electron chi connectivity index (χ1n) is 8.46. The molecule has 0 bridgehead atoms. The summed E-state index contributed by atoms with van der Waals surface area (Å²) in [6, 6.07) is 14.3. The van der Waals surface area contributed by atoms with Gasteiger partial charge in [-0.3, -0.25) is 9.78 Å². The first kappa shape index (κ1) is 19.4. The van der Waals surface area contributed by atoms with Crippen molar-refractivity contribution in [2.75, 3.05) is 12.5 Å². The van der Waals surface area contributed by atoms with Crippen molar-refractivity contribution in [3.8, 4) is 11.5 Å². The van der Waals surface area contributed by atoms with Gasteiger partial charge in [0.15, 0.2) is 11.5 Å². The summed E-state index contributed by atoms with van der Waals surface area (Å²) in [6.07, 6.45) is 1.57. The standard InChI is InChI=1S/C20H19ClN4O3/c1-13-9-18(26)24-20(23-13)25-22-11-15-6-4-8-17(27-2)19(15)28-12-14-5-3-7-16(21)10-14/h3-11H,12H2,1-2H3,(H2,23,24,25,26)/b22-11+. The molecule has 0 amide bonds. The number of benzene rings is 2. The van der Waals surface area contributed by atoms with Gasteiger partial charge < -0.3 is 9.47 Å². The zero-order valence-electron chi connectivity index (χ0n) is 15.4. The van der Waals surface area contributed by atoms with Crippen molar-refractivity contribution >= 4 is 23.8 Å². The quantitative estimate of drug-likeness (QED) is 0.467. The molecule has 7 nitrogen and oxygen atoms in total. The van der Waals surface area contributed by atoms with Gasteiger partial charge in [0.05, 0.1) is 13.3 Å². The summed E-state index contributed by atoms with van der Waals surface area (Å²) in [4.78, 5) is 18.2. The molecule has 28 heavy (non-hydrogen) atoms. The number of hydrogen-bond acceptors (Lipinski definition) is 6. The fraction of sp³-hybridized carbons (Fsp3) is 0.150. The second kappa shape index (κ2) is 9.05. The largest absolute Gasteiger partial charge is 0.493 e. The van der Waals surface area contributed by atoms with Crippen LogP contribution >= 0.6 is 11.6 Å². The van der Waals surface area contributed by atoms with E-state index in [2.05, 4.69) is 20.5 Å². The normalized spacial score (nSPS) is 10.8. The Bertz CT molecular complexity index is 1050. The summed E-state index contributed by atoms with van der Waals surface area (Å²) in [6.45, 7) is 2.05. The number of aryl methyl sites for hydroxylation is 1. The van der Waals surface area contributed by atoms with E-state index in [0.29, 0.717) is 34.4 Å². The van der Waals surface area contributed by atoms with Crippen molar-refractivity contribution in [1.29, 1.82) is 0 Å². The number of nitrogens with one attached hydrogen (secondary N) is 2. The molecule has 0 saturated carbocycles. The molecule has 0 atom stereocenters. The van der Waals surface area contributed by atoms with Crippen LogP contribution in [0.25, 0.3) is 0 Å². The highest BCUT2D eigenvalue weighted by atomic mass is 35.5. The molecule has 0 unspecified atom stereocenters. The molecule has 8 heteroatoms. The number of ether oxygens (including phenoxy) is 2. The number of hydrogen-bond donors (Lipinski definition) is 2. The van der Waals surface area contributed by atoms with Crippen LogP contribution in [0.15, 0.2) is 58.4 Å². The van der Waals surface area contributed by atoms with E-state index in [0.717, 1.165) is 5.56 Å². The van der Waals surface area contributed by atoms with Gasteiger partial charge in [-0.15, -0.1) is 0 Å². The molecule has 2 N–H and O–H groups in total. The Hall–Kier alpha value is -3.32. The average molecular weight is 399 g/mol. The Morgan fingerprint density at radius 3 is 2.82 bits per heavy atom. The maximum Gasteiger partial charge on any atom is 0.252 e. The van der Waals surface area contributed by atoms with Gasteiger partial charge in [0.2, 0.25) is 5.95 Å². The number of hydrazone groups is 1. The molecule has 0 aliphatic carbocycles. The zero-order chi connectivity index (χ0) is 19.9. The first-order valence-corrected chi connectivity index (χ1v) is 8.84. The van der Waals surface area contributed by atoms with Gasteiger partial charge in [0.25, 0.3) is 5.56 Å². The molecule has 0 spiro atoms. The molecule has 0 radical (unpaired) electrons. The molecule has 0 saturated heterocycles. The highest BCUT2D eigenvalue weighted by Crippen LogP contribution is 2.31. The monoisotopic (exact) mass is 398 g/mol. The van der Waals surface area contributed by atoms with Crippen LogP contribution in [-0.2, 0) is 6.61 Å². The predicted octanol–water partition coefficient (Wildman–Crippen LogP) is 3.77. The molecule has 0 fully saturated rings. The van der Waals surface area contributed by atoms with Crippen molar-refractivity contribution in [3.63, 3.8) is 0 Å². The van der Waals surface area contributed by atoms with E-state index in [9.17, 15) is 4.79 Å². The summed E-state index contributed by atoms with van der Waals surface area (Å²) >= 11 is 6.02. The van der Waals surface area contributed by atoms with Gasteiger partial charge in [-0.2, -0.15) is 5.10 Å². The minimum Gasteiger partial charge on any atom is -0.493 e. The third-order valence-corrected chi connectivity index (χ3v) is 3.98. The zero-order valence-corrected chi connectivity index (χ0v) is 16.2. The fourth-order valence-electron chi connectivity index (χ4n) is 2.53. The molecule has 3 rings (SSSR count). The number of halogens is 1. The summed E-state index contributed by atoms with van der Waals surface area (Å²) in [5, 5.41) is 4.78. The van der Waals surface area contributed by atoms with Crippen LogP contribution in [0.1, 0.15) is 16.8 Å². The summed E-state index contributed by atoms with van der Waals surface area (Å²) in [5.41, 5.74) is 4.68. The molecule has 1 heterocycles.